The average molecular weight is 454 g/mol. The van der Waals surface area contributed by atoms with Crippen molar-refractivity contribution in [2.75, 3.05) is 26.2 Å². The number of hydrogen-bond acceptors (Lipinski definition) is 5. The number of sulfonamides is 1. The number of ether oxygens (including phenoxy) is 1. The number of rotatable bonds is 2. The molecule has 6 nitrogen and oxygen atoms in total. The normalized spacial score (nSPS) is 16.5. The number of amidine groups is 1. The minimum atomic E-state index is -3.57. The van der Waals surface area contributed by atoms with Crippen molar-refractivity contribution in [2.24, 2.45) is 4.99 Å². The van der Waals surface area contributed by atoms with Gasteiger partial charge in [-0.05, 0) is 48.5 Å². The van der Waals surface area contributed by atoms with Crippen LogP contribution in [0.3, 0.4) is 0 Å². The van der Waals surface area contributed by atoms with Gasteiger partial charge in [0.25, 0.3) is 0 Å². The third-order valence-electron chi connectivity index (χ3n) is 5.43. The summed E-state index contributed by atoms with van der Waals surface area (Å²) in [5.41, 5.74) is 1.65. The van der Waals surface area contributed by atoms with Gasteiger partial charge in [0.2, 0.25) is 10.0 Å². The van der Waals surface area contributed by atoms with Gasteiger partial charge in [0.05, 0.1) is 10.5 Å². The van der Waals surface area contributed by atoms with Crippen molar-refractivity contribution >= 4 is 33.1 Å². The fourth-order valence-electron chi connectivity index (χ4n) is 3.81. The number of halogens is 1. The minimum absolute atomic E-state index is 0.254. The highest BCUT2D eigenvalue weighted by Gasteiger charge is 2.31. The van der Waals surface area contributed by atoms with Gasteiger partial charge in [-0.1, -0.05) is 35.9 Å². The van der Waals surface area contributed by atoms with E-state index in [2.05, 4.69) is 4.90 Å². The summed E-state index contributed by atoms with van der Waals surface area (Å²) in [6, 6.07) is 21.7. The van der Waals surface area contributed by atoms with Crippen LogP contribution < -0.4 is 4.74 Å². The molecule has 0 spiro atoms. The summed E-state index contributed by atoms with van der Waals surface area (Å²) in [7, 11) is -3.57. The summed E-state index contributed by atoms with van der Waals surface area (Å²) in [5.74, 6) is 2.24. The number of piperazine rings is 1. The maximum Gasteiger partial charge on any atom is 0.243 e. The molecule has 0 bridgehead atoms. The van der Waals surface area contributed by atoms with Crippen molar-refractivity contribution in [3.63, 3.8) is 0 Å². The van der Waals surface area contributed by atoms with Gasteiger partial charge in [-0.15, -0.1) is 0 Å². The quantitative estimate of drug-likeness (QED) is 0.572. The summed E-state index contributed by atoms with van der Waals surface area (Å²) in [6.07, 6.45) is 0. The lowest BCUT2D eigenvalue weighted by Crippen LogP contribution is -2.50. The highest BCUT2D eigenvalue weighted by molar-refractivity contribution is 7.89. The number of para-hydroxylation sites is 3. The fraction of sp³-hybridized carbons (Fsp3) is 0.174. The van der Waals surface area contributed by atoms with Gasteiger partial charge < -0.3 is 9.64 Å². The van der Waals surface area contributed by atoms with Gasteiger partial charge in [0, 0.05) is 31.2 Å². The van der Waals surface area contributed by atoms with E-state index in [1.54, 1.807) is 24.3 Å². The molecule has 0 unspecified atom stereocenters. The highest BCUT2D eigenvalue weighted by Crippen LogP contribution is 2.38. The van der Waals surface area contributed by atoms with Crippen LogP contribution in [0.15, 0.2) is 82.7 Å². The van der Waals surface area contributed by atoms with Crippen LogP contribution >= 0.6 is 11.6 Å². The number of aliphatic imine (C=N–C) groups is 1. The van der Waals surface area contributed by atoms with Gasteiger partial charge in [-0.3, -0.25) is 0 Å². The molecule has 1 saturated heterocycles. The van der Waals surface area contributed by atoms with E-state index < -0.39 is 10.0 Å². The molecule has 8 heteroatoms. The maximum absolute atomic E-state index is 13.0. The Morgan fingerprint density at radius 3 is 2.19 bits per heavy atom. The van der Waals surface area contributed by atoms with E-state index in [1.807, 2.05) is 48.5 Å². The van der Waals surface area contributed by atoms with Gasteiger partial charge in [0.1, 0.15) is 17.3 Å². The second-order valence-corrected chi connectivity index (χ2v) is 9.72. The van der Waals surface area contributed by atoms with E-state index in [-0.39, 0.29) is 4.90 Å². The molecule has 3 aromatic carbocycles. The van der Waals surface area contributed by atoms with Crippen molar-refractivity contribution in [1.82, 2.24) is 9.21 Å². The molecule has 2 aliphatic heterocycles. The summed E-state index contributed by atoms with van der Waals surface area (Å²) < 4.78 is 33.6. The Bertz CT molecular complexity index is 1250. The minimum Gasteiger partial charge on any atom is -0.454 e. The van der Waals surface area contributed by atoms with Crippen molar-refractivity contribution in [3.8, 4) is 11.5 Å². The SMILES string of the molecule is O=S(=O)(c1ccc(Cl)cc1)N1CCN(C2=Nc3ccccc3Oc3ccccc32)CC1. The molecule has 2 heterocycles. The summed E-state index contributed by atoms with van der Waals surface area (Å²) in [6.45, 7) is 1.80. The van der Waals surface area contributed by atoms with Crippen LogP contribution in [0.4, 0.5) is 5.69 Å². The molecule has 5 rings (SSSR count). The zero-order chi connectivity index (χ0) is 21.4. The second-order valence-electron chi connectivity index (χ2n) is 7.35. The van der Waals surface area contributed by atoms with E-state index in [0.717, 1.165) is 22.8 Å². The molecule has 1 fully saturated rings. The Hall–Kier alpha value is -2.87. The zero-order valence-corrected chi connectivity index (χ0v) is 18.2. The van der Waals surface area contributed by atoms with Crippen molar-refractivity contribution < 1.29 is 13.2 Å². The van der Waals surface area contributed by atoms with Gasteiger partial charge >= 0.3 is 0 Å². The number of benzene rings is 3. The molecular weight excluding hydrogens is 434 g/mol. The molecule has 0 amide bonds. The van der Waals surface area contributed by atoms with Crippen LogP contribution in [0.2, 0.25) is 5.02 Å². The lowest BCUT2D eigenvalue weighted by molar-refractivity contribution is 0.266. The molecule has 0 atom stereocenters. The lowest BCUT2D eigenvalue weighted by atomic mass is 10.1. The third-order valence-corrected chi connectivity index (χ3v) is 7.59. The van der Waals surface area contributed by atoms with Crippen LogP contribution in [-0.4, -0.2) is 49.6 Å². The topological polar surface area (TPSA) is 62.2 Å². The Balaban J connectivity index is 1.42. The second kappa shape index (κ2) is 8.00. The average Bonchev–Trinajstić information content (AvgIpc) is 2.96. The van der Waals surface area contributed by atoms with Gasteiger partial charge in [-0.25, -0.2) is 13.4 Å². The van der Waals surface area contributed by atoms with Crippen LogP contribution in [0.1, 0.15) is 5.56 Å². The Morgan fingerprint density at radius 2 is 1.45 bits per heavy atom. The molecule has 0 N–H and O–H groups in total. The molecule has 31 heavy (non-hydrogen) atoms. The van der Waals surface area contributed by atoms with E-state index in [1.165, 1.54) is 4.31 Å². The fourth-order valence-corrected chi connectivity index (χ4v) is 5.35. The smallest absolute Gasteiger partial charge is 0.243 e. The molecule has 0 aromatic heterocycles. The van der Waals surface area contributed by atoms with Crippen LogP contribution in [-0.2, 0) is 10.0 Å². The van der Waals surface area contributed by atoms with E-state index >= 15 is 0 Å². The predicted molar refractivity (Wildman–Crippen MR) is 121 cm³/mol. The van der Waals surface area contributed by atoms with Gasteiger partial charge in [-0.2, -0.15) is 4.31 Å². The highest BCUT2D eigenvalue weighted by atomic mass is 35.5. The standard InChI is InChI=1S/C23H20ClN3O3S/c24-17-9-11-18(12-10-17)31(28,29)27-15-13-26(14-16-27)23-19-5-1-3-7-21(19)30-22-8-4-2-6-20(22)25-23/h1-12H,13-16H2. The van der Waals surface area contributed by atoms with Crippen LogP contribution in [0.5, 0.6) is 11.5 Å². The molecule has 0 radical (unpaired) electrons. The van der Waals surface area contributed by atoms with Crippen molar-refractivity contribution in [3.05, 3.63) is 83.4 Å². The molecule has 158 valence electrons. The molecule has 3 aromatic rings. The summed E-state index contributed by atoms with van der Waals surface area (Å²) >= 11 is 5.90. The summed E-state index contributed by atoms with van der Waals surface area (Å²) in [5, 5.41) is 0.510. The van der Waals surface area contributed by atoms with E-state index in [9.17, 15) is 8.42 Å². The summed E-state index contributed by atoms with van der Waals surface area (Å²) in [4.78, 5) is 7.27. The first kappa shape index (κ1) is 20.1. The van der Waals surface area contributed by atoms with Crippen molar-refractivity contribution in [2.45, 2.75) is 4.90 Å². The van der Waals surface area contributed by atoms with Crippen LogP contribution in [0, 0.1) is 0 Å². The lowest BCUT2D eigenvalue weighted by Gasteiger charge is -2.35. The van der Waals surface area contributed by atoms with E-state index in [0.29, 0.717) is 37.0 Å². The number of hydrogen-bond donors (Lipinski definition) is 0. The number of fused-ring (bicyclic) bond motifs is 2. The van der Waals surface area contributed by atoms with Crippen LogP contribution in [0.25, 0.3) is 0 Å². The first-order valence-electron chi connectivity index (χ1n) is 9.98. The first-order valence-corrected chi connectivity index (χ1v) is 11.8. The van der Waals surface area contributed by atoms with E-state index in [4.69, 9.17) is 21.3 Å². The third kappa shape index (κ3) is 3.80. The molecule has 2 aliphatic rings. The molecule has 0 saturated carbocycles. The number of nitrogens with zero attached hydrogens (tertiary/aromatic N) is 3. The zero-order valence-electron chi connectivity index (χ0n) is 16.6. The molecule has 0 aliphatic carbocycles. The van der Waals surface area contributed by atoms with Crippen molar-refractivity contribution in [1.29, 1.82) is 0 Å². The maximum atomic E-state index is 13.0. The Kier molecular flexibility index (Phi) is 5.17. The predicted octanol–water partition coefficient (Wildman–Crippen LogP) is 4.53. The Morgan fingerprint density at radius 1 is 0.806 bits per heavy atom. The largest absolute Gasteiger partial charge is 0.454 e. The Labute approximate surface area is 186 Å². The monoisotopic (exact) mass is 453 g/mol. The first-order chi connectivity index (χ1) is 15.0. The van der Waals surface area contributed by atoms with Gasteiger partial charge in [0.15, 0.2) is 5.75 Å². The molecular formula is C23H20ClN3O3S.